The predicted octanol–water partition coefficient (Wildman–Crippen LogP) is 4.71. The maximum atomic E-state index is 13.0. The van der Waals surface area contributed by atoms with Gasteiger partial charge in [-0.1, -0.05) is 23.7 Å². The standard InChI is InChI=1S/C24H26ClN3O2/c1-16-23(17(2)28(26-16)21-8-6-20(25)7-9-21)14-24(29)27-13-12-19(15-27)18-4-10-22(30-3)11-5-18/h4-11,19H,12-15H2,1-3H3. The Bertz CT molecular complexity index is 1040. The fourth-order valence-electron chi connectivity index (χ4n) is 4.16. The van der Waals surface area contributed by atoms with Gasteiger partial charge in [0.15, 0.2) is 0 Å². The molecule has 0 N–H and O–H groups in total. The number of ether oxygens (including phenoxy) is 1. The van der Waals surface area contributed by atoms with E-state index in [1.807, 2.05) is 59.8 Å². The van der Waals surface area contributed by atoms with Gasteiger partial charge in [0.25, 0.3) is 0 Å². The van der Waals surface area contributed by atoms with E-state index in [-0.39, 0.29) is 5.91 Å². The SMILES string of the molecule is COc1ccc(C2CCN(C(=O)Cc3c(C)nn(-c4ccc(Cl)cc4)c3C)C2)cc1. The number of aromatic nitrogens is 2. The molecule has 1 amide bonds. The lowest BCUT2D eigenvalue weighted by molar-refractivity contribution is -0.129. The highest BCUT2D eigenvalue weighted by Gasteiger charge is 2.28. The number of halogens is 1. The van der Waals surface area contributed by atoms with Crippen LogP contribution < -0.4 is 4.74 Å². The summed E-state index contributed by atoms with van der Waals surface area (Å²) in [4.78, 5) is 15.0. The summed E-state index contributed by atoms with van der Waals surface area (Å²) in [7, 11) is 1.67. The Hall–Kier alpha value is -2.79. The molecular weight excluding hydrogens is 398 g/mol. The van der Waals surface area contributed by atoms with E-state index in [9.17, 15) is 4.79 Å². The summed E-state index contributed by atoms with van der Waals surface area (Å²) in [6.45, 7) is 5.53. The van der Waals surface area contributed by atoms with Crippen LogP contribution in [0.5, 0.6) is 5.75 Å². The van der Waals surface area contributed by atoms with Gasteiger partial charge in [0.2, 0.25) is 5.91 Å². The van der Waals surface area contributed by atoms with Crippen LogP contribution in [0.1, 0.15) is 34.9 Å². The van der Waals surface area contributed by atoms with Crippen LogP contribution in [-0.4, -0.2) is 40.8 Å². The van der Waals surface area contributed by atoms with Crippen LogP contribution in [0.4, 0.5) is 0 Å². The first-order chi connectivity index (χ1) is 14.5. The number of likely N-dealkylation sites (tertiary alicyclic amines) is 1. The highest BCUT2D eigenvalue weighted by atomic mass is 35.5. The van der Waals surface area contributed by atoms with Crippen molar-refractivity contribution in [1.82, 2.24) is 14.7 Å². The quantitative estimate of drug-likeness (QED) is 0.597. The van der Waals surface area contributed by atoms with Crippen molar-refractivity contribution in [1.29, 1.82) is 0 Å². The summed E-state index contributed by atoms with van der Waals surface area (Å²) in [5.41, 5.74) is 5.09. The molecule has 156 valence electrons. The van der Waals surface area contributed by atoms with Gasteiger partial charge in [0.05, 0.1) is 24.9 Å². The van der Waals surface area contributed by atoms with Crippen molar-refractivity contribution in [2.75, 3.05) is 20.2 Å². The molecule has 1 atom stereocenters. The van der Waals surface area contributed by atoms with Crippen molar-refractivity contribution in [2.45, 2.75) is 32.6 Å². The fourth-order valence-corrected chi connectivity index (χ4v) is 4.29. The van der Waals surface area contributed by atoms with Crippen molar-refractivity contribution in [3.63, 3.8) is 0 Å². The number of amides is 1. The average molecular weight is 424 g/mol. The third kappa shape index (κ3) is 4.08. The first-order valence-corrected chi connectivity index (χ1v) is 10.6. The van der Waals surface area contributed by atoms with Gasteiger partial charge >= 0.3 is 0 Å². The van der Waals surface area contributed by atoms with Crippen molar-refractivity contribution in [2.24, 2.45) is 0 Å². The third-order valence-electron chi connectivity index (χ3n) is 5.97. The second-order valence-corrected chi connectivity index (χ2v) is 8.25. The van der Waals surface area contributed by atoms with Gasteiger partial charge in [-0.2, -0.15) is 5.10 Å². The molecule has 0 bridgehead atoms. The van der Waals surface area contributed by atoms with E-state index in [1.54, 1.807) is 7.11 Å². The molecule has 30 heavy (non-hydrogen) atoms. The zero-order chi connectivity index (χ0) is 21.3. The van der Waals surface area contributed by atoms with Gasteiger partial charge in [-0.3, -0.25) is 4.79 Å². The van der Waals surface area contributed by atoms with Gasteiger partial charge in [-0.05, 0) is 62.2 Å². The molecule has 1 unspecified atom stereocenters. The summed E-state index contributed by atoms with van der Waals surface area (Å²) in [5.74, 6) is 1.39. The van der Waals surface area contributed by atoms with E-state index in [2.05, 4.69) is 17.2 Å². The van der Waals surface area contributed by atoms with E-state index >= 15 is 0 Å². The van der Waals surface area contributed by atoms with Crippen molar-refractivity contribution < 1.29 is 9.53 Å². The van der Waals surface area contributed by atoms with E-state index in [0.717, 1.165) is 47.9 Å². The fraction of sp³-hybridized carbons (Fsp3) is 0.333. The van der Waals surface area contributed by atoms with Crippen LogP contribution >= 0.6 is 11.6 Å². The number of carbonyl (C=O) groups is 1. The molecule has 6 heteroatoms. The summed E-state index contributed by atoms with van der Waals surface area (Å²) in [6, 6.07) is 15.7. The molecule has 2 aromatic carbocycles. The molecule has 1 saturated heterocycles. The Morgan fingerprint density at radius 1 is 1.13 bits per heavy atom. The molecule has 5 nitrogen and oxygen atoms in total. The Balaban J connectivity index is 1.46. The second kappa shape index (κ2) is 8.52. The first kappa shape index (κ1) is 20.5. The minimum Gasteiger partial charge on any atom is -0.497 e. The molecular formula is C24H26ClN3O2. The molecule has 2 heterocycles. The summed E-state index contributed by atoms with van der Waals surface area (Å²) in [5, 5.41) is 5.35. The predicted molar refractivity (Wildman–Crippen MR) is 119 cm³/mol. The summed E-state index contributed by atoms with van der Waals surface area (Å²) < 4.78 is 7.13. The maximum Gasteiger partial charge on any atom is 0.227 e. The molecule has 1 aliphatic heterocycles. The lowest BCUT2D eigenvalue weighted by atomic mass is 9.98. The van der Waals surface area contributed by atoms with Crippen LogP contribution in [0.15, 0.2) is 48.5 Å². The summed E-state index contributed by atoms with van der Waals surface area (Å²) >= 11 is 6.00. The van der Waals surface area contributed by atoms with Crippen LogP contribution in [0, 0.1) is 13.8 Å². The van der Waals surface area contributed by atoms with Crippen molar-refractivity contribution in [3.8, 4) is 11.4 Å². The minimum absolute atomic E-state index is 0.160. The van der Waals surface area contributed by atoms with Gasteiger partial charge in [0, 0.05) is 35.3 Å². The van der Waals surface area contributed by atoms with E-state index in [1.165, 1.54) is 5.56 Å². The van der Waals surface area contributed by atoms with Crippen molar-refractivity contribution >= 4 is 17.5 Å². The number of carbonyl (C=O) groups excluding carboxylic acids is 1. The van der Waals surface area contributed by atoms with Crippen LogP contribution in [0.25, 0.3) is 5.69 Å². The highest BCUT2D eigenvalue weighted by Crippen LogP contribution is 2.29. The summed E-state index contributed by atoms with van der Waals surface area (Å²) in [6.07, 6.45) is 1.36. The largest absolute Gasteiger partial charge is 0.497 e. The number of benzene rings is 2. The number of rotatable bonds is 5. The molecule has 1 aliphatic rings. The van der Waals surface area contributed by atoms with E-state index in [4.69, 9.17) is 16.3 Å². The van der Waals surface area contributed by atoms with Gasteiger partial charge < -0.3 is 9.64 Å². The van der Waals surface area contributed by atoms with Gasteiger partial charge in [-0.15, -0.1) is 0 Å². The van der Waals surface area contributed by atoms with E-state index in [0.29, 0.717) is 17.4 Å². The van der Waals surface area contributed by atoms with Gasteiger partial charge in [0.1, 0.15) is 5.75 Å². The number of hydrogen-bond acceptors (Lipinski definition) is 3. The Morgan fingerprint density at radius 2 is 1.83 bits per heavy atom. The molecule has 0 aliphatic carbocycles. The van der Waals surface area contributed by atoms with Crippen LogP contribution in [0.3, 0.4) is 0 Å². The lowest BCUT2D eigenvalue weighted by Gasteiger charge is -2.17. The lowest BCUT2D eigenvalue weighted by Crippen LogP contribution is -2.30. The number of hydrogen-bond donors (Lipinski definition) is 0. The topological polar surface area (TPSA) is 47.4 Å². The number of methoxy groups -OCH3 is 1. The zero-order valence-electron chi connectivity index (χ0n) is 17.6. The first-order valence-electron chi connectivity index (χ1n) is 10.2. The Labute approximate surface area is 182 Å². The van der Waals surface area contributed by atoms with Crippen molar-refractivity contribution in [3.05, 3.63) is 76.1 Å². The van der Waals surface area contributed by atoms with Gasteiger partial charge in [-0.25, -0.2) is 4.68 Å². The molecule has 0 saturated carbocycles. The third-order valence-corrected chi connectivity index (χ3v) is 6.22. The molecule has 0 radical (unpaired) electrons. The molecule has 3 aromatic rings. The number of nitrogens with zero attached hydrogens (tertiary/aromatic N) is 3. The average Bonchev–Trinajstić information content (AvgIpc) is 3.35. The second-order valence-electron chi connectivity index (χ2n) is 7.81. The number of aryl methyl sites for hydroxylation is 1. The Kier molecular flexibility index (Phi) is 5.82. The van der Waals surface area contributed by atoms with Crippen LogP contribution in [-0.2, 0) is 11.2 Å². The normalized spacial score (nSPS) is 16.1. The molecule has 0 spiro atoms. The van der Waals surface area contributed by atoms with Crippen LogP contribution in [0.2, 0.25) is 5.02 Å². The van der Waals surface area contributed by atoms with E-state index < -0.39 is 0 Å². The maximum absolute atomic E-state index is 13.0. The highest BCUT2D eigenvalue weighted by molar-refractivity contribution is 6.30. The molecule has 1 aromatic heterocycles. The minimum atomic E-state index is 0.160. The zero-order valence-corrected chi connectivity index (χ0v) is 18.3. The Morgan fingerprint density at radius 3 is 2.50 bits per heavy atom. The monoisotopic (exact) mass is 423 g/mol. The smallest absolute Gasteiger partial charge is 0.227 e. The molecule has 1 fully saturated rings. The molecule has 4 rings (SSSR count).